The number of carboxylic acid groups (broad SMARTS) is 1. The maximum absolute atomic E-state index is 15.1. The highest BCUT2D eigenvalue weighted by Crippen LogP contribution is 2.34. The van der Waals surface area contributed by atoms with Gasteiger partial charge in [-0.3, -0.25) is 9.69 Å². The van der Waals surface area contributed by atoms with E-state index in [4.69, 9.17) is 9.90 Å². The zero-order valence-electron chi connectivity index (χ0n) is 18.9. The summed E-state index contributed by atoms with van der Waals surface area (Å²) in [7, 11) is 0. The molecule has 0 spiro atoms. The Balaban J connectivity index is 0.000000636. The third-order valence-corrected chi connectivity index (χ3v) is 5.88. The lowest BCUT2D eigenvalue weighted by atomic mass is 9.92. The molecule has 0 aliphatic carbocycles. The van der Waals surface area contributed by atoms with Crippen LogP contribution in [-0.4, -0.2) is 47.1 Å². The second kappa shape index (κ2) is 10.6. The van der Waals surface area contributed by atoms with Crippen LogP contribution < -0.4 is 5.32 Å². The Kier molecular flexibility index (Phi) is 7.35. The lowest BCUT2D eigenvalue weighted by Crippen LogP contribution is -2.45. The smallest absolute Gasteiger partial charge is 0.300 e. The number of hydrogen-bond acceptors (Lipinski definition) is 3. The number of benzene rings is 3. The summed E-state index contributed by atoms with van der Waals surface area (Å²) < 4.78 is 28.7. The van der Waals surface area contributed by atoms with Crippen molar-refractivity contribution in [3.05, 3.63) is 95.7 Å². The molecule has 1 saturated heterocycles. The van der Waals surface area contributed by atoms with Crippen LogP contribution in [-0.2, 0) is 4.79 Å². The van der Waals surface area contributed by atoms with E-state index in [0.717, 1.165) is 60.7 Å². The molecule has 5 nitrogen and oxygen atoms in total. The summed E-state index contributed by atoms with van der Waals surface area (Å²) in [6.07, 6.45) is 1.92. The normalized spacial score (nSPS) is 14.9. The van der Waals surface area contributed by atoms with Crippen LogP contribution in [0.1, 0.15) is 24.1 Å². The summed E-state index contributed by atoms with van der Waals surface area (Å²) >= 11 is 0. The van der Waals surface area contributed by atoms with Gasteiger partial charge in [0.25, 0.3) is 5.97 Å². The van der Waals surface area contributed by atoms with Gasteiger partial charge in [-0.15, -0.1) is 0 Å². The molecule has 0 radical (unpaired) electrons. The number of halogens is 2. The third-order valence-electron chi connectivity index (χ3n) is 5.88. The Morgan fingerprint density at radius 1 is 0.941 bits per heavy atom. The van der Waals surface area contributed by atoms with Gasteiger partial charge in [-0.1, -0.05) is 24.3 Å². The first kappa shape index (κ1) is 23.6. The van der Waals surface area contributed by atoms with Crippen LogP contribution in [0.4, 0.5) is 8.78 Å². The topological polar surface area (TPSA) is 68.4 Å². The fourth-order valence-electron chi connectivity index (χ4n) is 4.34. The van der Waals surface area contributed by atoms with Gasteiger partial charge in [0.1, 0.15) is 11.6 Å². The highest BCUT2D eigenvalue weighted by molar-refractivity contribution is 5.85. The van der Waals surface area contributed by atoms with Crippen molar-refractivity contribution in [1.29, 1.82) is 0 Å². The van der Waals surface area contributed by atoms with Crippen LogP contribution in [0.25, 0.3) is 22.0 Å². The molecule has 1 aliphatic rings. The number of nitrogens with one attached hydrogen (secondary N) is 2. The van der Waals surface area contributed by atoms with Crippen molar-refractivity contribution in [2.75, 3.05) is 26.2 Å². The van der Waals surface area contributed by atoms with Crippen LogP contribution >= 0.6 is 0 Å². The molecule has 1 unspecified atom stereocenters. The molecule has 5 rings (SSSR count). The highest BCUT2D eigenvalue weighted by Gasteiger charge is 2.26. The molecule has 2 heterocycles. The number of carboxylic acids is 1. The number of aromatic nitrogens is 1. The van der Waals surface area contributed by atoms with E-state index in [-0.39, 0.29) is 17.7 Å². The van der Waals surface area contributed by atoms with Crippen LogP contribution in [0.5, 0.6) is 0 Å². The largest absolute Gasteiger partial charge is 0.481 e. The first-order valence-electron chi connectivity index (χ1n) is 11.2. The van der Waals surface area contributed by atoms with E-state index in [1.165, 1.54) is 12.1 Å². The van der Waals surface area contributed by atoms with Gasteiger partial charge in [-0.05, 0) is 64.5 Å². The lowest BCUT2D eigenvalue weighted by molar-refractivity contribution is -0.134. The summed E-state index contributed by atoms with van der Waals surface area (Å²) in [6.45, 7) is 4.40. The fourth-order valence-corrected chi connectivity index (χ4v) is 4.34. The van der Waals surface area contributed by atoms with Crippen LogP contribution in [0.15, 0.2) is 72.9 Å². The molecule has 1 aliphatic heterocycles. The number of nitrogens with zero attached hydrogens (tertiary/aromatic N) is 1. The minimum atomic E-state index is -0.833. The van der Waals surface area contributed by atoms with Crippen molar-refractivity contribution < 1.29 is 18.7 Å². The van der Waals surface area contributed by atoms with E-state index in [9.17, 15) is 4.39 Å². The molecule has 1 atom stereocenters. The first-order chi connectivity index (χ1) is 16.4. The summed E-state index contributed by atoms with van der Waals surface area (Å²) in [5, 5.41) is 11.9. The van der Waals surface area contributed by atoms with Gasteiger partial charge in [-0.2, -0.15) is 0 Å². The van der Waals surface area contributed by atoms with Crippen LogP contribution in [0, 0.1) is 11.6 Å². The molecule has 0 bridgehead atoms. The Morgan fingerprint density at radius 3 is 2.29 bits per heavy atom. The van der Waals surface area contributed by atoms with Gasteiger partial charge in [0.2, 0.25) is 0 Å². The summed E-state index contributed by atoms with van der Waals surface area (Å²) in [5.74, 6) is -1.36. The van der Waals surface area contributed by atoms with Gasteiger partial charge >= 0.3 is 0 Å². The maximum Gasteiger partial charge on any atom is 0.300 e. The lowest BCUT2D eigenvalue weighted by Gasteiger charge is -2.36. The third kappa shape index (κ3) is 5.50. The van der Waals surface area contributed by atoms with Gasteiger partial charge in [0.05, 0.1) is 6.04 Å². The molecular formula is C27H27F2N3O2. The first-order valence-corrected chi connectivity index (χ1v) is 11.2. The van der Waals surface area contributed by atoms with Crippen LogP contribution in [0.3, 0.4) is 0 Å². The second-order valence-electron chi connectivity index (χ2n) is 8.28. The number of aliphatic carboxylic acids is 1. The van der Waals surface area contributed by atoms with E-state index in [0.29, 0.717) is 5.56 Å². The van der Waals surface area contributed by atoms with Gasteiger partial charge in [0, 0.05) is 50.4 Å². The maximum atomic E-state index is 15.1. The summed E-state index contributed by atoms with van der Waals surface area (Å²) in [6, 6.07) is 19.7. The van der Waals surface area contributed by atoms with E-state index in [2.05, 4.69) is 21.3 Å². The number of aromatic amines is 1. The Hall–Kier alpha value is -3.55. The number of fused-ring (bicyclic) bond motifs is 1. The zero-order chi connectivity index (χ0) is 24.1. The second-order valence-corrected chi connectivity index (χ2v) is 8.28. The van der Waals surface area contributed by atoms with Crippen molar-refractivity contribution in [3.8, 4) is 11.1 Å². The van der Waals surface area contributed by atoms with E-state index < -0.39 is 5.97 Å². The van der Waals surface area contributed by atoms with Gasteiger partial charge < -0.3 is 15.4 Å². The van der Waals surface area contributed by atoms with E-state index in [1.54, 1.807) is 18.2 Å². The SMILES string of the molecule is CC(=O)O.Fc1ccc(C(c2cc(-c3ccc4[nH]ccc4c3)ccc2F)N2CCNCC2)cc1. The summed E-state index contributed by atoms with van der Waals surface area (Å²) in [4.78, 5) is 14.5. The predicted octanol–water partition coefficient (Wildman–Crippen LogP) is 5.20. The molecule has 34 heavy (non-hydrogen) atoms. The number of rotatable bonds is 4. The number of carbonyl (C=O) groups is 1. The monoisotopic (exact) mass is 463 g/mol. The Labute approximate surface area is 197 Å². The molecule has 0 saturated carbocycles. The highest BCUT2D eigenvalue weighted by atomic mass is 19.1. The van der Waals surface area contributed by atoms with E-state index >= 15 is 4.39 Å². The standard InChI is InChI=1S/C25H23F2N3.C2H4O2/c26-21-5-1-17(2-6-21)25(30-13-11-28-12-14-30)22-16-19(3-7-23(22)27)18-4-8-24-20(15-18)9-10-29-24;1-2(3)4/h1-10,15-16,25,28-29H,11-14H2;1H3,(H,3,4). The van der Waals surface area contributed by atoms with Crippen molar-refractivity contribution in [2.24, 2.45) is 0 Å². The Bertz CT molecular complexity index is 1260. The number of H-pyrrole nitrogens is 1. The fraction of sp³-hybridized carbons (Fsp3) is 0.222. The minimum Gasteiger partial charge on any atom is -0.481 e. The molecular weight excluding hydrogens is 436 g/mol. The van der Waals surface area contributed by atoms with Crippen molar-refractivity contribution in [3.63, 3.8) is 0 Å². The van der Waals surface area contributed by atoms with Crippen molar-refractivity contribution in [2.45, 2.75) is 13.0 Å². The van der Waals surface area contributed by atoms with E-state index in [1.807, 2.05) is 36.5 Å². The Morgan fingerprint density at radius 2 is 1.59 bits per heavy atom. The molecule has 4 aromatic rings. The van der Waals surface area contributed by atoms with Gasteiger partial charge in [-0.25, -0.2) is 8.78 Å². The van der Waals surface area contributed by atoms with Crippen LogP contribution in [0.2, 0.25) is 0 Å². The number of piperazine rings is 1. The molecule has 7 heteroatoms. The molecule has 1 aromatic heterocycles. The zero-order valence-corrected chi connectivity index (χ0v) is 18.9. The molecule has 176 valence electrons. The average Bonchev–Trinajstić information content (AvgIpc) is 3.30. The predicted molar refractivity (Wildman–Crippen MR) is 130 cm³/mol. The minimum absolute atomic E-state index is 0.241. The van der Waals surface area contributed by atoms with Crippen molar-refractivity contribution in [1.82, 2.24) is 15.2 Å². The molecule has 3 aromatic carbocycles. The average molecular weight is 464 g/mol. The molecule has 1 fully saturated rings. The number of hydrogen-bond donors (Lipinski definition) is 3. The summed E-state index contributed by atoms with van der Waals surface area (Å²) in [5.41, 5.74) is 4.61. The molecule has 3 N–H and O–H groups in total. The molecule has 0 amide bonds. The van der Waals surface area contributed by atoms with Gasteiger partial charge in [0.15, 0.2) is 0 Å². The van der Waals surface area contributed by atoms with Crippen molar-refractivity contribution >= 4 is 16.9 Å². The quantitative estimate of drug-likeness (QED) is 0.389.